The SMILES string of the molecule is CC1(C)c2ccccc2Nc2cc3c(cc21)-c1ccc(/C=C/N(c2ccccc2)c2ccccc2)cc1C3(C)C.c1ccccc1. The third-order valence-corrected chi connectivity index (χ3v) is 9.53. The Balaban J connectivity index is 0.000000508. The molecule has 0 spiro atoms. The standard InChI is InChI=1S/C38H34N2.C6H6/c1-37(2)31-17-11-12-18-35(31)39-36-25-33-30(24-34(36)37)29-20-19-26(23-32(29)38(33,3)4)21-22-40(27-13-7-5-8-14-27)28-15-9-6-10-16-28;1-2-4-6-5-3-1/h5-25,39H,1-4H3;1-6H/b22-21+;. The molecule has 0 unspecified atom stereocenters. The Labute approximate surface area is 273 Å². The van der Waals surface area contributed by atoms with Gasteiger partial charge in [-0.25, -0.2) is 0 Å². The van der Waals surface area contributed by atoms with Crippen molar-refractivity contribution in [3.05, 3.63) is 186 Å². The predicted molar refractivity (Wildman–Crippen MR) is 196 cm³/mol. The first kappa shape index (κ1) is 29.4. The first-order valence-electron chi connectivity index (χ1n) is 16.1. The quantitative estimate of drug-likeness (QED) is 0.218. The molecular weight excluding hydrogens is 556 g/mol. The van der Waals surface area contributed by atoms with Crippen molar-refractivity contribution in [1.82, 2.24) is 0 Å². The van der Waals surface area contributed by atoms with Crippen LogP contribution in [0.25, 0.3) is 17.2 Å². The molecule has 0 aromatic heterocycles. The second-order valence-electron chi connectivity index (χ2n) is 13.2. The molecule has 0 radical (unpaired) electrons. The summed E-state index contributed by atoms with van der Waals surface area (Å²) in [5.41, 5.74) is 13.9. The van der Waals surface area contributed by atoms with Crippen molar-refractivity contribution >= 4 is 28.8 Å². The Morgan fingerprint density at radius 1 is 0.457 bits per heavy atom. The van der Waals surface area contributed by atoms with E-state index in [-0.39, 0.29) is 10.8 Å². The zero-order valence-electron chi connectivity index (χ0n) is 27.0. The van der Waals surface area contributed by atoms with E-state index in [9.17, 15) is 0 Å². The molecule has 2 heteroatoms. The number of anilines is 4. The van der Waals surface area contributed by atoms with E-state index in [0.717, 1.165) is 11.4 Å². The molecule has 2 aliphatic rings. The van der Waals surface area contributed by atoms with Gasteiger partial charge in [0, 0.05) is 39.8 Å². The van der Waals surface area contributed by atoms with Crippen LogP contribution in [-0.2, 0) is 10.8 Å². The fourth-order valence-electron chi connectivity index (χ4n) is 6.99. The highest BCUT2D eigenvalue weighted by Crippen LogP contribution is 2.54. The molecule has 0 fully saturated rings. The Bertz CT molecular complexity index is 1940. The first-order chi connectivity index (χ1) is 22.3. The number of fused-ring (bicyclic) bond motifs is 5. The minimum Gasteiger partial charge on any atom is -0.355 e. The van der Waals surface area contributed by atoms with E-state index >= 15 is 0 Å². The Kier molecular flexibility index (Phi) is 7.58. The van der Waals surface area contributed by atoms with E-state index in [1.165, 1.54) is 50.3 Å². The second-order valence-corrected chi connectivity index (χ2v) is 13.2. The fourth-order valence-corrected chi connectivity index (χ4v) is 6.99. The van der Waals surface area contributed by atoms with Crippen LogP contribution in [0.5, 0.6) is 0 Å². The van der Waals surface area contributed by atoms with E-state index in [1.807, 2.05) is 36.4 Å². The van der Waals surface area contributed by atoms with Crippen molar-refractivity contribution in [2.75, 3.05) is 10.2 Å². The summed E-state index contributed by atoms with van der Waals surface area (Å²) in [5.74, 6) is 0. The molecular formula is C44H40N2. The maximum absolute atomic E-state index is 3.75. The molecule has 46 heavy (non-hydrogen) atoms. The third-order valence-electron chi connectivity index (χ3n) is 9.53. The highest BCUT2D eigenvalue weighted by molar-refractivity contribution is 5.87. The molecule has 0 saturated carbocycles. The highest BCUT2D eigenvalue weighted by Gasteiger charge is 2.40. The van der Waals surface area contributed by atoms with Crippen molar-refractivity contribution in [3.8, 4) is 11.1 Å². The van der Waals surface area contributed by atoms with Crippen LogP contribution in [0.2, 0.25) is 0 Å². The van der Waals surface area contributed by atoms with Gasteiger partial charge in [-0.15, -0.1) is 0 Å². The molecule has 2 nitrogen and oxygen atoms in total. The maximum atomic E-state index is 3.75. The zero-order chi connectivity index (χ0) is 31.7. The Morgan fingerprint density at radius 2 is 0.978 bits per heavy atom. The van der Waals surface area contributed by atoms with Crippen LogP contribution in [0.3, 0.4) is 0 Å². The monoisotopic (exact) mass is 596 g/mol. The summed E-state index contributed by atoms with van der Waals surface area (Å²) in [4.78, 5) is 2.24. The number of hydrogen-bond acceptors (Lipinski definition) is 2. The molecule has 8 rings (SSSR count). The van der Waals surface area contributed by atoms with E-state index in [1.54, 1.807) is 0 Å². The molecule has 0 saturated heterocycles. The summed E-state index contributed by atoms with van der Waals surface area (Å²) in [6.07, 6.45) is 4.41. The summed E-state index contributed by atoms with van der Waals surface area (Å²) in [5, 5.41) is 3.75. The van der Waals surface area contributed by atoms with Gasteiger partial charge in [-0.05, 0) is 87.5 Å². The summed E-state index contributed by atoms with van der Waals surface area (Å²) >= 11 is 0. The van der Waals surface area contributed by atoms with Crippen LogP contribution < -0.4 is 10.2 Å². The average molecular weight is 597 g/mol. The number of benzene rings is 6. The van der Waals surface area contributed by atoms with Crippen molar-refractivity contribution < 1.29 is 0 Å². The van der Waals surface area contributed by atoms with Gasteiger partial charge in [0.05, 0.1) is 0 Å². The Hall–Kier alpha value is -5.34. The zero-order valence-corrected chi connectivity index (χ0v) is 27.0. The van der Waals surface area contributed by atoms with Gasteiger partial charge in [-0.1, -0.05) is 137 Å². The summed E-state index contributed by atoms with van der Waals surface area (Å²) in [6, 6.07) is 53.6. The lowest BCUT2D eigenvalue weighted by Gasteiger charge is -2.36. The highest BCUT2D eigenvalue weighted by atomic mass is 15.1. The second kappa shape index (κ2) is 11.9. The maximum Gasteiger partial charge on any atom is 0.0455 e. The topological polar surface area (TPSA) is 15.3 Å². The fraction of sp³-hybridized carbons (Fsp3) is 0.136. The van der Waals surface area contributed by atoms with Gasteiger partial charge in [0.15, 0.2) is 0 Å². The molecule has 1 aliphatic carbocycles. The molecule has 0 amide bonds. The largest absolute Gasteiger partial charge is 0.355 e. The minimum atomic E-state index is -0.0924. The van der Waals surface area contributed by atoms with Crippen molar-refractivity contribution in [2.45, 2.75) is 38.5 Å². The van der Waals surface area contributed by atoms with Gasteiger partial charge in [-0.2, -0.15) is 0 Å². The molecule has 1 N–H and O–H groups in total. The number of nitrogens with zero attached hydrogens (tertiary/aromatic N) is 1. The van der Waals surface area contributed by atoms with Gasteiger partial charge in [0.25, 0.3) is 0 Å². The lowest BCUT2D eigenvalue weighted by Crippen LogP contribution is -2.26. The van der Waals surface area contributed by atoms with Crippen LogP contribution in [0, 0.1) is 0 Å². The summed E-state index contributed by atoms with van der Waals surface area (Å²) < 4.78 is 0. The predicted octanol–water partition coefficient (Wildman–Crippen LogP) is 11.9. The minimum absolute atomic E-state index is 0.0693. The lowest BCUT2D eigenvalue weighted by atomic mass is 9.72. The summed E-state index contributed by atoms with van der Waals surface area (Å²) in [6.45, 7) is 9.41. The van der Waals surface area contributed by atoms with E-state index < -0.39 is 0 Å². The van der Waals surface area contributed by atoms with Gasteiger partial charge in [0.1, 0.15) is 0 Å². The van der Waals surface area contributed by atoms with Crippen LogP contribution in [0.4, 0.5) is 22.7 Å². The molecule has 6 aromatic carbocycles. The summed E-state index contributed by atoms with van der Waals surface area (Å²) in [7, 11) is 0. The van der Waals surface area contributed by atoms with Crippen molar-refractivity contribution in [2.24, 2.45) is 0 Å². The molecule has 1 heterocycles. The van der Waals surface area contributed by atoms with Gasteiger partial charge in [-0.3, -0.25) is 0 Å². The number of rotatable bonds is 4. The van der Waals surface area contributed by atoms with Crippen LogP contribution in [0.1, 0.15) is 55.5 Å². The van der Waals surface area contributed by atoms with Crippen LogP contribution in [-0.4, -0.2) is 0 Å². The van der Waals surface area contributed by atoms with Gasteiger partial charge in [0.2, 0.25) is 0 Å². The van der Waals surface area contributed by atoms with E-state index in [2.05, 4.69) is 165 Å². The van der Waals surface area contributed by atoms with Gasteiger partial charge < -0.3 is 10.2 Å². The number of hydrogen-bond donors (Lipinski definition) is 1. The van der Waals surface area contributed by atoms with Crippen LogP contribution >= 0.6 is 0 Å². The lowest BCUT2D eigenvalue weighted by molar-refractivity contribution is 0.633. The molecule has 0 atom stereocenters. The normalized spacial score (nSPS) is 14.5. The molecule has 1 aliphatic heterocycles. The van der Waals surface area contributed by atoms with E-state index in [4.69, 9.17) is 0 Å². The third kappa shape index (κ3) is 5.31. The number of para-hydroxylation sites is 3. The Morgan fingerprint density at radius 3 is 1.61 bits per heavy atom. The first-order valence-corrected chi connectivity index (χ1v) is 16.1. The molecule has 0 bridgehead atoms. The smallest absolute Gasteiger partial charge is 0.0455 e. The molecule has 6 aromatic rings. The average Bonchev–Trinajstić information content (AvgIpc) is 3.31. The van der Waals surface area contributed by atoms with E-state index in [0.29, 0.717) is 0 Å². The molecule has 226 valence electrons. The van der Waals surface area contributed by atoms with Gasteiger partial charge >= 0.3 is 0 Å². The van der Waals surface area contributed by atoms with Crippen molar-refractivity contribution in [3.63, 3.8) is 0 Å². The van der Waals surface area contributed by atoms with Crippen LogP contribution in [0.15, 0.2) is 158 Å². The number of nitrogens with one attached hydrogen (secondary N) is 1. The van der Waals surface area contributed by atoms with Crippen molar-refractivity contribution in [1.29, 1.82) is 0 Å².